The lowest BCUT2D eigenvalue weighted by Crippen LogP contribution is -2.34. The van der Waals surface area contributed by atoms with Crippen molar-refractivity contribution in [2.45, 2.75) is 33.8 Å². The van der Waals surface area contributed by atoms with Gasteiger partial charge < -0.3 is 9.47 Å². The zero-order valence-corrected chi connectivity index (χ0v) is 16.6. The van der Waals surface area contributed by atoms with Crippen LogP contribution < -0.4 is 4.74 Å². The molecule has 1 heterocycles. The van der Waals surface area contributed by atoms with Gasteiger partial charge >= 0.3 is 5.97 Å². The summed E-state index contributed by atoms with van der Waals surface area (Å²) >= 11 is 12.2. The van der Waals surface area contributed by atoms with Crippen LogP contribution in [-0.2, 0) is 9.53 Å². The first-order valence-electron chi connectivity index (χ1n) is 8.08. The summed E-state index contributed by atoms with van der Waals surface area (Å²) in [6, 6.07) is 8.65. The number of halogens is 2. The Bertz CT molecular complexity index is 798. The van der Waals surface area contributed by atoms with Crippen LogP contribution in [0.1, 0.15) is 33.3 Å². The van der Waals surface area contributed by atoms with E-state index in [0.717, 1.165) is 5.56 Å². The molecule has 1 atom stereocenters. The summed E-state index contributed by atoms with van der Waals surface area (Å²) in [6.45, 7) is 7.26. The molecule has 0 saturated heterocycles. The van der Waals surface area contributed by atoms with Gasteiger partial charge in [0.2, 0.25) is 0 Å². The normalized spacial score (nSPS) is 13.2. The number of hydrogen-bond donors (Lipinski definition) is 0. The number of nitrogens with zero attached hydrogens (tertiary/aromatic N) is 1. The van der Waals surface area contributed by atoms with E-state index in [9.17, 15) is 4.79 Å². The highest BCUT2D eigenvalue weighted by molar-refractivity contribution is 6.35. The largest absolute Gasteiger partial charge is 0.456 e. The van der Waals surface area contributed by atoms with E-state index in [1.54, 1.807) is 36.7 Å². The predicted molar refractivity (Wildman–Crippen MR) is 104 cm³/mol. The molecule has 0 aliphatic rings. The second-order valence-electron chi connectivity index (χ2n) is 6.87. The lowest BCUT2D eigenvalue weighted by molar-refractivity contribution is -0.150. The zero-order valence-electron chi connectivity index (χ0n) is 15.1. The molecule has 0 N–H and O–H groups in total. The lowest BCUT2D eigenvalue weighted by atomic mass is 9.87. The van der Waals surface area contributed by atoms with Crippen LogP contribution in [0.3, 0.4) is 0 Å². The molecule has 6 heteroatoms. The van der Waals surface area contributed by atoms with Crippen LogP contribution in [0.5, 0.6) is 5.75 Å². The van der Waals surface area contributed by atoms with Crippen LogP contribution in [0, 0.1) is 5.41 Å². The maximum Gasteiger partial charge on any atom is 0.303 e. The highest BCUT2D eigenvalue weighted by Gasteiger charge is 2.33. The molecule has 1 unspecified atom stereocenters. The molecule has 0 aliphatic heterocycles. The van der Waals surface area contributed by atoms with E-state index in [-0.39, 0.29) is 0 Å². The molecule has 0 spiro atoms. The van der Waals surface area contributed by atoms with Gasteiger partial charge in [-0.3, -0.25) is 9.78 Å². The average Bonchev–Trinajstić information content (AvgIpc) is 2.54. The molecule has 0 saturated carbocycles. The van der Waals surface area contributed by atoms with Gasteiger partial charge in [0, 0.05) is 29.8 Å². The Balaban J connectivity index is 2.50. The summed E-state index contributed by atoms with van der Waals surface area (Å²) < 4.78 is 11.6. The summed E-state index contributed by atoms with van der Waals surface area (Å²) in [6.07, 6.45) is 4.55. The van der Waals surface area contributed by atoms with Crippen LogP contribution in [0.4, 0.5) is 0 Å². The van der Waals surface area contributed by atoms with Crippen molar-refractivity contribution >= 4 is 35.2 Å². The minimum absolute atomic E-state index is 0.366. The Morgan fingerprint density at radius 2 is 1.96 bits per heavy atom. The fourth-order valence-corrected chi connectivity index (χ4v) is 2.74. The molecule has 2 aromatic rings. The second-order valence-corrected chi connectivity index (χ2v) is 7.71. The van der Waals surface area contributed by atoms with Gasteiger partial charge in [-0.2, -0.15) is 0 Å². The third kappa shape index (κ3) is 5.75. The monoisotopic (exact) mass is 393 g/mol. The molecule has 26 heavy (non-hydrogen) atoms. The predicted octanol–water partition coefficient (Wildman–Crippen LogP) is 5.79. The van der Waals surface area contributed by atoms with Crippen molar-refractivity contribution < 1.29 is 14.3 Å². The van der Waals surface area contributed by atoms with Crippen LogP contribution in [0.2, 0.25) is 10.0 Å². The van der Waals surface area contributed by atoms with E-state index in [1.807, 2.05) is 32.9 Å². The van der Waals surface area contributed by atoms with Crippen molar-refractivity contribution in [2.75, 3.05) is 0 Å². The molecule has 4 nitrogen and oxygen atoms in total. The number of ether oxygens (including phenoxy) is 2. The highest BCUT2D eigenvalue weighted by Crippen LogP contribution is 2.34. The van der Waals surface area contributed by atoms with E-state index < -0.39 is 17.5 Å². The number of aromatic nitrogens is 1. The Morgan fingerprint density at radius 3 is 2.50 bits per heavy atom. The molecule has 0 amide bonds. The van der Waals surface area contributed by atoms with Crippen molar-refractivity contribution in [3.05, 3.63) is 64.1 Å². The summed E-state index contributed by atoms with van der Waals surface area (Å²) in [5, 5.41) is 0.873. The first-order valence-corrected chi connectivity index (χ1v) is 8.84. The van der Waals surface area contributed by atoms with Gasteiger partial charge in [0.05, 0.1) is 5.02 Å². The number of carbonyl (C=O) groups is 1. The molecule has 138 valence electrons. The summed E-state index contributed by atoms with van der Waals surface area (Å²) in [5.41, 5.74) is 0.410. The number of carbonyl (C=O) groups excluding carboxylic acids is 1. The van der Waals surface area contributed by atoms with Crippen LogP contribution in [-0.4, -0.2) is 17.1 Å². The fraction of sp³-hybridized carbons (Fsp3) is 0.300. The van der Waals surface area contributed by atoms with Gasteiger partial charge in [0.1, 0.15) is 11.5 Å². The van der Waals surface area contributed by atoms with Gasteiger partial charge in [-0.15, -0.1) is 0 Å². The molecule has 2 rings (SSSR count). The van der Waals surface area contributed by atoms with Crippen molar-refractivity contribution in [1.29, 1.82) is 0 Å². The minimum atomic E-state index is -0.619. The molecule has 0 bridgehead atoms. The summed E-state index contributed by atoms with van der Waals surface area (Å²) in [4.78, 5) is 15.8. The quantitative estimate of drug-likeness (QED) is 0.476. The maximum atomic E-state index is 11.7. The van der Waals surface area contributed by atoms with Crippen LogP contribution >= 0.6 is 23.2 Å². The third-order valence-corrected chi connectivity index (χ3v) is 3.97. The first-order chi connectivity index (χ1) is 12.2. The van der Waals surface area contributed by atoms with E-state index in [2.05, 4.69) is 4.98 Å². The Hall–Kier alpha value is -2.04. The number of hydrogen-bond acceptors (Lipinski definition) is 4. The number of esters is 1. The van der Waals surface area contributed by atoms with Gasteiger partial charge in [-0.1, -0.05) is 50.0 Å². The molecule has 0 fully saturated rings. The molecular weight excluding hydrogens is 373 g/mol. The minimum Gasteiger partial charge on any atom is -0.456 e. The van der Waals surface area contributed by atoms with Gasteiger partial charge in [-0.05, 0) is 35.9 Å². The summed E-state index contributed by atoms with van der Waals surface area (Å²) in [7, 11) is 0. The Kier molecular flexibility index (Phi) is 6.68. The Morgan fingerprint density at radius 1 is 1.23 bits per heavy atom. The SMILES string of the molecule is CC(=O)OC(C(=Cc1cccnc1)Oc1ccc(Cl)cc1Cl)C(C)(C)C. The van der Waals surface area contributed by atoms with Crippen LogP contribution in [0.15, 0.2) is 48.5 Å². The molecular formula is C20H21Cl2NO3. The van der Waals surface area contributed by atoms with E-state index in [1.165, 1.54) is 6.92 Å². The standard InChI is InChI=1S/C20H21Cl2NO3/c1-13(24)25-19(20(2,3)4)18(10-14-6-5-9-23-12-14)26-17-8-7-15(21)11-16(17)22/h5-12,19H,1-4H3. The third-order valence-electron chi connectivity index (χ3n) is 3.44. The van der Waals surface area contributed by atoms with Gasteiger partial charge in [0.15, 0.2) is 6.10 Å². The fourth-order valence-electron chi connectivity index (χ4n) is 2.30. The number of benzene rings is 1. The van der Waals surface area contributed by atoms with Gasteiger partial charge in [-0.25, -0.2) is 0 Å². The lowest BCUT2D eigenvalue weighted by Gasteiger charge is -2.31. The maximum absolute atomic E-state index is 11.7. The molecule has 1 aromatic carbocycles. The smallest absolute Gasteiger partial charge is 0.303 e. The van der Waals surface area contributed by atoms with Crippen molar-refractivity contribution in [2.24, 2.45) is 5.41 Å². The molecule has 0 aliphatic carbocycles. The van der Waals surface area contributed by atoms with E-state index in [0.29, 0.717) is 21.6 Å². The topological polar surface area (TPSA) is 48.4 Å². The summed E-state index contributed by atoms with van der Waals surface area (Å²) in [5.74, 6) is 0.477. The Labute approximate surface area is 163 Å². The highest BCUT2D eigenvalue weighted by atomic mass is 35.5. The van der Waals surface area contributed by atoms with Crippen molar-refractivity contribution in [1.82, 2.24) is 4.98 Å². The first kappa shape index (κ1) is 20.3. The van der Waals surface area contributed by atoms with Gasteiger partial charge in [0.25, 0.3) is 0 Å². The number of rotatable bonds is 5. The molecule has 0 radical (unpaired) electrons. The molecule has 1 aromatic heterocycles. The number of pyridine rings is 1. The van der Waals surface area contributed by atoms with E-state index >= 15 is 0 Å². The average molecular weight is 394 g/mol. The van der Waals surface area contributed by atoms with Crippen molar-refractivity contribution in [3.8, 4) is 5.75 Å². The van der Waals surface area contributed by atoms with E-state index in [4.69, 9.17) is 32.7 Å². The zero-order chi connectivity index (χ0) is 19.3. The van der Waals surface area contributed by atoms with Crippen molar-refractivity contribution in [3.63, 3.8) is 0 Å². The van der Waals surface area contributed by atoms with Crippen LogP contribution in [0.25, 0.3) is 6.08 Å². The second kappa shape index (κ2) is 8.56.